The molecular formula is C20H34O3. The highest BCUT2D eigenvalue weighted by Crippen LogP contribution is 2.45. The van der Waals surface area contributed by atoms with Gasteiger partial charge < -0.3 is 9.84 Å². The lowest BCUT2D eigenvalue weighted by atomic mass is 9.64. The van der Waals surface area contributed by atoms with Gasteiger partial charge in [0, 0.05) is 13.7 Å². The normalized spacial score (nSPS) is 23.8. The van der Waals surface area contributed by atoms with Crippen LogP contribution in [0.5, 0.6) is 0 Å². The van der Waals surface area contributed by atoms with Crippen molar-refractivity contribution in [2.45, 2.75) is 71.6 Å². The first-order valence-corrected chi connectivity index (χ1v) is 9.23. The molecule has 1 aliphatic carbocycles. The maximum absolute atomic E-state index is 12.2. The van der Waals surface area contributed by atoms with E-state index >= 15 is 0 Å². The van der Waals surface area contributed by atoms with Gasteiger partial charge in [-0.15, -0.1) is 0 Å². The molecule has 0 bridgehead atoms. The Kier molecular flexibility index (Phi) is 9.23. The number of methoxy groups -OCH3 is 1. The van der Waals surface area contributed by atoms with E-state index in [1.54, 1.807) is 7.11 Å². The molecule has 0 radical (unpaired) electrons. The van der Waals surface area contributed by atoms with Crippen molar-refractivity contribution in [2.75, 3.05) is 13.7 Å². The van der Waals surface area contributed by atoms with E-state index in [2.05, 4.69) is 19.9 Å². The SMILES string of the molecule is CCCCCCCC1(C(=O)O)C=CC=C(CCOC)C1CCC. The lowest BCUT2D eigenvalue weighted by Gasteiger charge is -2.39. The first-order chi connectivity index (χ1) is 11.1. The van der Waals surface area contributed by atoms with Gasteiger partial charge in [-0.25, -0.2) is 0 Å². The van der Waals surface area contributed by atoms with E-state index < -0.39 is 11.4 Å². The van der Waals surface area contributed by atoms with E-state index in [0.717, 1.165) is 38.5 Å². The molecule has 3 heteroatoms. The molecule has 0 heterocycles. The van der Waals surface area contributed by atoms with Crippen molar-refractivity contribution < 1.29 is 14.6 Å². The van der Waals surface area contributed by atoms with Gasteiger partial charge in [-0.05, 0) is 25.2 Å². The highest BCUT2D eigenvalue weighted by atomic mass is 16.5. The van der Waals surface area contributed by atoms with E-state index in [4.69, 9.17) is 4.74 Å². The molecule has 1 N–H and O–H groups in total. The van der Waals surface area contributed by atoms with Gasteiger partial charge in [0.15, 0.2) is 0 Å². The minimum Gasteiger partial charge on any atom is -0.481 e. The molecule has 132 valence electrons. The zero-order chi connectivity index (χ0) is 17.1. The third-order valence-electron chi connectivity index (χ3n) is 5.04. The minimum absolute atomic E-state index is 0.108. The van der Waals surface area contributed by atoms with E-state index in [1.807, 2.05) is 12.2 Å². The molecule has 1 rings (SSSR count). The fourth-order valence-electron chi connectivity index (χ4n) is 3.72. The first kappa shape index (κ1) is 20.0. The molecule has 2 unspecified atom stereocenters. The van der Waals surface area contributed by atoms with E-state index in [1.165, 1.54) is 24.8 Å². The van der Waals surface area contributed by atoms with Gasteiger partial charge in [-0.2, -0.15) is 0 Å². The Morgan fingerprint density at radius 3 is 2.57 bits per heavy atom. The summed E-state index contributed by atoms with van der Waals surface area (Å²) in [7, 11) is 1.70. The van der Waals surface area contributed by atoms with Crippen LogP contribution in [0.4, 0.5) is 0 Å². The molecule has 2 atom stereocenters. The van der Waals surface area contributed by atoms with Crippen LogP contribution in [0.25, 0.3) is 0 Å². The van der Waals surface area contributed by atoms with Crippen molar-refractivity contribution in [1.29, 1.82) is 0 Å². The van der Waals surface area contributed by atoms with Crippen molar-refractivity contribution in [3.8, 4) is 0 Å². The van der Waals surface area contributed by atoms with Crippen molar-refractivity contribution in [3.05, 3.63) is 23.8 Å². The number of aliphatic carboxylic acids is 1. The number of rotatable bonds is 12. The molecule has 0 aromatic rings. The second kappa shape index (κ2) is 10.6. The van der Waals surface area contributed by atoms with Crippen molar-refractivity contribution in [3.63, 3.8) is 0 Å². The Balaban J connectivity index is 2.86. The van der Waals surface area contributed by atoms with Gasteiger partial charge >= 0.3 is 5.97 Å². The van der Waals surface area contributed by atoms with Crippen LogP contribution in [0.2, 0.25) is 0 Å². The van der Waals surface area contributed by atoms with Gasteiger partial charge in [0.05, 0.1) is 5.41 Å². The fraction of sp³-hybridized carbons (Fsp3) is 0.750. The predicted octanol–water partition coefficient (Wildman–Crippen LogP) is 5.37. The van der Waals surface area contributed by atoms with Crippen LogP contribution >= 0.6 is 0 Å². The highest BCUT2D eigenvalue weighted by molar-refractivity contribution is 5.79. The quantitative estimate of drug-likeness (QED) is 0.491. The number of hydrogen-bond acceptors (Lipinski definition) is 2. The molecule has 3 nitrogen and oxygen atoms in total. The number of carbonyl (C=O) groups is 1. The summed E-state index contributed by atoms with van der Waals surface area (Å²) in [5.41, 5.74) is 0.521. The van der Waals surface area contributed by atoms with Gasteiger partial charge in [0.2, 0.25) is 0 Å². The van der Waals surface area contributed by atoms with Crippen LogP contribution in [-0.2, 0) is 9.53 Å². The van der Waals surface area contributed by atoms with Crippen LogP contribution < -0.4 is 0 Å². The molecule has 0 aromatic heterocycles. The summed E-state index contributed by atoms with van der Waals surface area (Å²) in [6.45, 7) is 5.00. The number of ether oxygens (including phenoxy) is 1. The van der Waals surface area contributed by atoms with Crippen molar-refractivity contribution >= 4 is 5.97 Å². The maximum Gasteiger partial charge on any atom is 0.314 e. The summed E-state index contributed by atoms with van der Waals surface area (Å²) in [5, 5.41) is 10.0. The first-order valence-electron chi connectivity index (χ1n) is 9.23. The van der Waals surface area contributed by atoms with Crippen molar-refractivity contribution in [1.82, 2.24) is 0 Å². The molecule has 0 fully saturated rings. The Hall–Kier alpha value is -1.09. The van der Waals surface area contributed by atoms with E-state index in [0.29, 0.717) is 6.61 Å². The second-order valence-electron chi connectivity index (χ2n) is 6.69. The molecular weight excluding hydrogens is 288 g/mol. The largest absolute Gasteiger partial charge is 0.481 e. The predicted molar refractivity (Wildman–Crippen MR) is 95.6 cm³/mol. The lowest BCUT2D eigenvalue weighted by molar-refractivity contribution is -0.149. The Labute approximate surface area is 141 Å². The number of unbranched alkanes of at least 4 members (excludes halogenated alkanes) is 4. The standard InChI is InChI=1S/C20H34O3/c1-4-6-7-8-9-14-20(19(21)22)15-10-12-17(13-16-23-3)18(20)11-5-2/h10,12,15,18H,4-9,11,13-14,16H2,1-3H3,(H,21,22). The van der Waals surface area contributed by atoms with E-state index in [9.17, 15) is 9.90 Å². The fourth-order valence-corrected chi connectivity index (χ4v) is 3.72. The zero-order valence-electron chi connectivity index (χ0n) is 15.1. The lowest BCUT2D eigenvalue weighted by Crippen LogP contribution is -2.39. The van der Waals surface area contributed by atoms with Gasteiger partial charge in [0.1, 0.15) is 0 Å². The van der Waals surface area contributed by atoms with Crippen LogP contribution in [-0.4, -0.2) is 24.8 Å². The van der Waals surface area contributed by atoms with Gasteiger partial charge in [0.25, 0.3) is 0 Å². The average molecular weight is 322 g/mol. The monoisotopic (exact) mass is 322 g/mol. The minimum atomic E-state index is -0.722. The summed E-state index contributed by atoms with van der Waals surface area (Å²) < 4.78 is 5.21. The number of carboxylic acid groups (broad SMARTS) is 1. The number of hydrogen-bond donors (Lipinski definition) is 1. The molecule has 0 aliphatic heterocycles. The summed E-state index contributed by atoms with van der Waals surface area (Å²) in [4.78, 5) is 12.2. The second-order valence-corrected chi connectivity index (χ2v) is 6.69. The summed E-state index contributed by atoms with van der Waals surface area (Å²) in [5.74, 6) is -0.554. The zero-order valence-corrected chi connectivity index (χ0v) is 15.1. The van der Waals surface area contributed by atoms with Crippen LogP contribution in [0.3, 0.4) is 0 Å². The summed E-state index contributed by atoms with van der Waals surface area (Å²) in [6.07, 6.45) is 15.3. The third kappa shape index (κ3) is 5.49. The Bertz CT molecular complexity index is 411. The third-order valence-corrected chi connectivity index (χ3v) is 5.04. The molecule has 1 aliphatic rings. The van der Waals surface area contributed by atoms with Crippen molar-refractivity contribution in [2.24, 2.45) is 11.3 Å². The van der Waals surface area contributed by atoms with Crippen LogP contribution in [0.15, 0.2) is 23.8 Å². The molecule has 0 aromatic carbocycles. The molecule has 0 saturated heterocycles. The average Bonchev–Trinajstić information content (AvgIpc) is 2.54. The molecule has 23 heavy (non-hydrogen) atoms. The smallest absolute Gasteiger partial charge is 0.314 e. The number of carboxylic acids is 1. The van der Waals surface area contributed by atoms with E-state index in [-0.39, 0.29) is 5.92 Å². The van der Waals surface area contributed by atoms with Gasteiger partial charge in [-0.3, -0.25) is 4.79 Å². The van der Waals surface area contributed by atoms with Gasteiger partial charge in [-0.1, -0.05) is 76.2 Å². The highest BCUT2D eigenvalue weighted by Gasteiger charge is 2.45. The summed E-state index contributed by atoms with van der Waals surface area (Å²) >= 11 is 0. The molecule has 0 spiro atoms. The van der Waals surface area contributed by atoms with Crippen LogP contribution in [0, 0.1) is 11.3 Å². The molecule has 0 saturated carbocycles. The maximum atomic E-state index is 12.2. The molecule has 0 amide bonds. The summed E-state index contributed by atoms with van der Waals surface area (Å²) in [6, 6.07) is 0. The van der Waals surface area contributed by atoms with Crippen LogP contribution in [0.1, 0.15) is 71.6 Å². The Morgan fingerprint density at radius 2 is 1.96 bits per heavy atom. The number of allylic oxidation sites excluding steroid dienone is 2. The topological polar surface area (TPSA) is 46.5 Å². The Morgan fingerprint density at radius 1 is 1.22 bits per heavy atom.